The van der Waals surface area contributed by atoms with Crippen LogP contribution in [0.4, 0.5) is 0 Å². The van der Waals surface area contributed by atoms with E-state index < -0.39 is 0 Å². The minimum Gasteiger partial charge on any atom is -0.0804 e. The summed E-state index contributed by atoms with van der Waals surface area (Å²) >= 11 is 3.57. The third-order valence-electron chi connectivity index (χ3n) is 5.92. The molecule has 31 heavy (non-hydrogen) atoms. The zero-order valence-electron chi connectivity index (χ0n) is 17.5. The maximum absolute atomic E-state index is 3.57. The van der Waals surface area contributed by atoms with Gasteiger partial charge in [-0.25, -0.2) is 0 Å². The summed E-state index contributed by atoms with van der Waals surface area (Å²) in [6, 6.07) is 26.6. The van der Waals surface area contributed by atoms with E-state index in [-0.39, 0.29) is 0 Å². The summed E-state index contributed by atoms with van der Waals surface area (Å²) in [5, 5.41) is 5.12. The van der Waals surface area contributed by atoms with Gasteiger partial charge in [-0.2, -0.15) is 0 Å². The van der Waals surface area contributed by atoms with E-state index in [0.29, 0.717) is 0 Å². The van der Waals surface area contributed by atoms with E-state index in [2.05, 4.69) is 132 Å². The molecular formula is C30H23Br. The van der Waals surface area contributed by atoms with E-state index >= 15 is 0 Å². The van der Waals surface area contributed by atoms with Crippen LogP contribution in [-0.2, 0) is 0 Å². The molecule has 4 aromatic carbocycles. The lowest BCUT2D eigenvalue weighted by molar-refractivity contribution is 1.37. The van der Waals surface area contributed by atoms with Crippen LogP contribution >= 0.6 is 15.9 Å². The molecule has 4 aromatic rings. The van der Waals surface area contributed by atoms with Crippen LogP contribution in [0.2, 0.25) is 0 Å². The molecule has 0 saturated carbocycles. The monoisotopic (exact) mass is 462 g/mol. The first kappa shape index (κ1) is 19.8. The zero-order chi connectivity index (χ0) is 21.2. The van der Waals surface area contributed by atoms with Gasteiger partial charge in [0.25, 0.3) is 0 Å². The molecule has 0 radical (unpaired) electrons. The first-order valence-electron chi connectivity index (χ1n) is 10.7. The van der Waals surface area contributed by atoms with Gasteiger partial charge in [-0.15, -0.1) is 0 Å². The SMILES string of the molecule is C/C=C1\C=C/CC=C(c2ccc(-c3ccc4c(ccc5cc(Br)ccc54)c3)cc2)/C=C\1. The fraction of sp³-hybridized carbons (Fsp3) is 0.0667. The lowest BCUT2D eigenvalue weighted by atomic mass is 9.95. The third kappa shape index (κ3) is 4.06. The Morgan fingerprint density at radius 3 is 2.13 bits per heavy atom. The second-order valence-corrected chi connectivity index (χ2v) is 8.78. The number of rotatable bonds is 2. The van der Waals surface area contributed by atoms with Crippen molar-refractivity contribution in [2.75, 3.05) is 0 Å². The minimum atomic E-state index is 0.952. The Bertz CT molecular complexity index is 1400. The Balaban J connectivity index is 1.48. The molecule has 1 heteroatoms. The first-order chi connectivity index (χ1) is 15.2. The summed E-state index contributed by atoms with van der Waals surface area (Å²) in [5.41, 5.74) is 6.26. The maximum atomic E-state index is 3.57. The Morgan fingerprint density at radius 2 is 1.35 bits per heavy atom. The first-order valence-corrected chi connectivity index (χ1v) is 11.4. The van der Waals surface area contributed by atoms with Gasteiger partial charge in [-0.1, -0.05) is 107 Å². The Hall–Kier alpha value is -3.16. The van der Waals surface area contributed by atoms with Crippen LogP contribution in [0.1, 0.15) is 18.9 Å². The predicted molar refractivity (Wildman–Crippen MR) is 139 cm³/mol. The van der Waals surface area contributed by atoms with Crippen LogP contribution < -0.4 is 0 Å². The molecule has 0 aromatic heterocycles. The van der Waals surface area contributed by atoms with Gasteiger partial charge in [0.05, 0.1) is 0 Å². The number of allylic oxidation sites excluding steroid dienone is 8. The summed E-state index contributed by atoms with van der Waals surface area (Å²) in [7, 11) is 0. The quantitative estimate of drug-likeness (QED) is 0.260. The number of hydrogen-bond acceptors (Lipinski definition) is 0. The summed E-state index contributed by atoms with van der Waals surface area (Å²) in [4.78, 5) is 0. The van der Waals surface area contributed by atoms with Crippen molar-refractivity contribution in [2.24, 2.45) is 0 Å². The summed E-state index contributed by atoms with van der Waals surface area (Å²) in [6.07, 6.45) is 14.2. The van der Waals surface area contributed by atoms with Gasteiger partial charge in [0.2, 0.25) is 0 Å². The van der Waals surface area contributed by atoms with Gasteiger partial charge in [0.15, 0.2) is 0 Å². The van der Waals surface area contributed by atoms with Crippen LogP contribution in [0.15, 0.2) is 119 Å². The molecule has 0 saturated heterocycles. The predicted octanol–water partition coefficient (Wildman–Crippen LogP) is 9.27. The molecule has 0 amide bonds. The largest absolute Gasteiger partial charge is 0.0804 e. The standard InChI is InChI=1S/C30H23Br/c1-2-21-5-3-4-6-22(8-7-21)23-9-11-24(12-10-23)25-15-17-29-26(19-25)13-14-27-20-28(31)16-18-30(27)29/h2-3,5-20H,4H2,1H3/b5-3-,8-7-,21-2+,22-6?. The molecule has 150 valence electrons. The fourth-order valence-electron chi connectivity index (χ4n) is 4.19. The van der Waals surface area contributed by atoms with Gasteiger partial charge in [-0.05, 0) is 80.9 Å². The molecule has 0 atom stereocenters. The fourth-order valence-corrected chi connectivity index (χ4v) is 4.57. The summed E-state index contributed by atoms with van der Waals surface area (Å²) in [6.45, 7) is 2.08. The van der Waals surface area contributed by atoms with E-state index in [1.165, 1.54) is 49.4 Å². The number of benzene rings is 4. The molecule has 5 rings (SSSR count). The normalized spacial score (nSPS) is 17.4. The Labute approximate surface area is 192 Å². The number of halogens is 1. The Morgan fingerprint density at radius 1 is 0.677 bits per heavy atom. The summed E-state index contributed by atoms with van der Waals surface area (Å²) in [5.74, 6) is 0. The minimum absolute atomic E-state index is 0.952. The van der Waals surface area contributed by atoms with Crippen LogP contribution in [0.5, 0.6) is 0 Å². The van der Waals surface area contributed by atoms with Crippen LogP contribution in [0.25, 0.3) is 38.2 Å². The van der Waals surface area contributed by atoms with Crippen molar-refractivity contribution in [1.82, 2.24) is 0 Å². The molecule has 0 unspecified atom stereocenters. The lowest BCUT2D eigenvalue weighted by Gasteiger charge is -2.10. The van der Waals surface area contributed by atoms with Crippen LogP contribution in [0, 0.1) is 0 Å². The second kappa shape index (κ2) is 8.53. The van der Waals surface area contributed by atoms with Crippen molar-refractivity contribution in [3.8, 4) is 11.1 Å². The average molecular weight is 463 g/mol. The van der Waals surface area contributed by atoms with Crippen molar-refractivity contribution in [3.05, 3.63) is 125 Å². The smallest absolute Gasteiger partial charge is 0.0181 e. The lowest BCUT2D eigenvalue weighted by Crippen LogP contribution is -1.86. The molecule has 1 aliphatic rings. The highest BCUT2D eigenvalue weighted by Crippen LogP contribution is 2.32. The molecule has 0 spiro atoms. The molecule has 0 nitrogen and oxygen atoms in total. The highest BCUT2D eigenvalue weighted by Gasteiger charge is 2.06. The molecule has 0 N–H and O–H groups in total. The van der Waals surface area contributed by atoms with E-state index in [4.69, 9.17) is 0 Å². The molecule has 1 aliphatic carbocycles. The van der Waals surface area contributed by atoms with Gasteiger partial charge in [0.1, 0.15) is 0 Å². The van der Waals surface area contributed by atoms with Crippen LogP contribution in [-0.4, -0.2) is 0 Å². The Kier molecular flexibility index (Phi) is 5.44. The van der Waals surface area contributed by atoms with Gasteiger partial charge in [0, 0.05) is 4.47 Å². The highest BCUT2D eigenvalue weighted by atomic mass is 79.9. The highest BCUT2D eigenvalue weighted by molar-refractivity contribution is 9.10. The van der Waals surface area contributed by atoms with Crippen molar-refractivity contribution >= 4 is 43.0 Å². The van der Waals surface area contributed by atoms with Gasteiger partial charge in [-0.3, -0.25) is 0 Å². The van der Waals surface area contributed by atoms with Crippen LogP contribution in [0.3, 0.4) is 0 Å². The van der Waals surface area contributed by atoms with E-state index in [0.717, 1.165) is 10.9 Å². The molecule has 0 fully saturated rings. The van der Waals surface area contributed by atoms with Crippen molar-refractivity contribution in [1.29, 1.82) is 0 Å². The van der Waals surface area contributed by atoms with E-state index in [1.807, 2.05) is 0 Å². The van der Waals surface area contributed by atoms with Crippen molar-refractivity contribution in [2.45, 2.75) is 13.3 Å². The van der Waals surface area contributed by atoms with Gasteiger partial charge >= 0.3 is 0 Å². The van der Waals surface area contributed by atoms with E-state index in [1.54, 1.807) is 0 Å². The number of fused-ring (bicyclic) bond motifs is 3. The average Bonchev–Trinajstić information content (AvgIpc) is 2.79. The summed E-state index contributed by atoms with van der Waals surface area (Å²) < 4.78 is 1.11. The maximum Gasteiger partial charge on any atom is 0.0181 e. The molecule has 0 heterocycles. The second-order valence-electron chi connectivity index (χ2n) is 7.86. The molecule has 0 aliphatic heterocycles. The topological polar surface area (TPSA) is 0 Å². The number of hydrogen-bond donors (Lipinski definition) is 0. The molecular weight excluding hydrogens is 440 g/mol. The third-order valence-corrected chi connectivity index (χ3v) is 6.42. The van der Waals surface area contributed by atoms with Crippen molar-refractivity contribution in [3.63, 3.8) is 0 Å². The van der Waals surface area contributed by atoms with E-state index in [9.17, 15) is 0 Å². The van der Waals surface area contributed by atoms with Gasteiger partial charge < -0.3 is 0 Å². The van der Waals surface area contributed by atoms with Crippen molar-refractivity contribution < 1.29 is 0 Å². The molecule has 0 bridgehead atoms. The zero-order valence-corrected chi connectivity index (χ0v) is 19.1.